The quantitative estimate of drug-likeness (QED) is 0.527. The summed E-state index contributed by atoms with van der Waals surface area (Å²) in [4.78, 5) is 29.2. The summed E-state index contributed by atoms with van der Waals surface area (Å²) in [7, 11) is 0. The predicted molar refractivity (Wildman–Crippen MR) is 126 cm³/mol. The highest BCUT2D eigenvalue weighted by Gasteiger charge is 2.33. The minimum absolute atomic E-state index is 0.00768. The molecule has 1 fully saturated rings. The maximum atomic E-state index is 15.4. The molecule has 1 aromatic heterocycles. The standard InChI is InChI=1S/C24H30FN5O4/c1-13-6-5-7-14(10-13)27-20-18-15(11-26-22(18)31)19(25)21(30-20)28-16-8-9-33-12-17(16)29-23(32)34-24(2,3)4/h5-7,10,16-17H,8-9,11-12H2,1-4H3,(H,26,31)(H,29,32)(H2,27,28,30). The van der Waals surface area contributed by atoms with Gasteiger partial charge in [-0.1, -0.05) is 12.1 Å². The number of aromatic nitrogens is 1. The van der Waals surface area contributed by atoms with E-state index >= 15 is 4.39 Å². The molecule has 2 aliphatic heterocycles. The van der Waals surface area contributed by atoms with Crippen molar-refractivity contribution in [3.05, 3.63) is 46.8 Å². The SMILES string of the molecule is Cc1cccc(Nc2nc(NC3CCOCC3NC(=O)OC(C)(C)C)c(F)c3c2C(=O)NC3)c1. The second-order valence-electron chi connectivity index (χ2n) is 9.52. The Kier molecular flexibility index (Phi) is 6.60. The van der Waals surface area contributed by atoms with E-state index in [-0.39, 0.29) is 47.9 Å². The molecular formula is C24H30FN5O4. The van der Waals surface area contributed by atoms with Crippen LogP contribution in [0.1, 0.15) is 48.7 Å². The third-order valence-corrected chi connectivity index (χ3v) is 5.55. The lowest BCUT2D eigenvalue weighted by molar-refractivity contribution is 0.0317. The summed E-state index contributed by atoms with van der Waals surface area (Å²) in [5.41, 5.74) is 1.57. The summed E-state index contributed by atoms with van der Waals surface area (Å²) in [6.45, 7) is 8.07. The number of amides is 2. The molecule has 3 heterocycles. The number of nitrogens with zero attached hydrogens (tertiary/aromatic N) is 1. The van der Waals surface area contributed by atoms with E-state index in [1.165, 1.54) is 0 Å². The summed E-state index contributed by atoms with van der Waals surface area (Å²) in [6.07, 6.45) is -0.0509. The first-order valence-corrected chi connectivity index (χ1v) is 11.3. The van der Waals surface area contributed by atoms with Gasteiger partial charge in [-0.25, -0.2) is 14.2 Å². The highest BCUT2D eigenvalue weighted by atomic mass is 19.1. The van der Waals surface area contributed by atoms with E-state index in [2.05, 4.69) is 26.3 Å². The number of anilines is 3. The molecule has 0 aliphatic carbocycles. The Bertz CT molecular complexity index is 1100. The topological polar surface area (TPSA) is 114 Å². The maximum Gasteiger partial charge on any atom is 0.408 e. The first-order chi connectivity index (χ1) is 16.1. The van der Waals surface area contributed by atoms with Crippen LogP contribution in [0.5, 0.6) is 0 Å². The molecule has 10 heteroatoms. The van der Waals surface area contributed by atoms with Crippen molar-refractivity contribution < 1.29 is 23.5 Å². The predicted octanol–water partition coefficient (Wildman–Crippen LogP) is 3.61. The number of ether oxygens (including phenoxy) is 2. The molecule has 1 saturated heterocycles. The number of carbonyl (C=O) groups excluding carboxylic acids is 2. The lowest BCUT2D eigenvalue weighted by Crippen LogP contribution is -2.53. The highest BCUT2D eigenvalue weighted by molar-refractivity contribution is 6.03. The number of rotatable bonds is 5. The Morgan fingerprint density at radius 1 is 1.26 bits per heavy atom. The van der Waals surface area contributed by atoms with Crippen LogP contribution in [0.2, 0.25) is 0 Å². The van der Waals surface area contributed by atoms with Crippen LogP contribution in [-0.2, 0) is 16.0 Å². The van der Waals surface area contributed by atoms with Crippen molar-refractivity contribution in [2.45, 2.75) is 58.3 Å². The lowest BCUT2D eigenvalue weighted by Gasteiger charge is -2.33. The summed E-state index contributed by atoms with van der Waals surface area (Å²) >= 11 is 0. The van der Waals surface area contributed by atoms with Gasteiger partial charge < -0.3 is 30.7 Å². The number of alkyl carbamates (subject to hydrolysis) is 1. The zero-order valence-corrected chi connectivity index (χ0v) is 19.8. The van der Waals surface area contributed by atoms with Gasteiger partial charge in [0, 0.05) is 24.4 Å². The van der Waals surface area contributed by atoms with Crippen LogP contribution < -0.4 is 21.3 Å². The number of nitrogens with one attached hydrogen (secondary N) is 4. The summed E-state index contributed by atoms with van der Waals surface area (Å²) < 4.78 is 26.3. The average Bonchev–Trinajstić information content (AvgIpc) is 3.13. The molecule has 2 aromatic rings. The Labute approximate surface area is 197 Å². The normalized spacial score (nSPS) is 19.7. The number of fused-ring (bicyclic) bond motifs is 1. The fourth-order valence-corrected chi connectivity index (χ4v) is 4.01. The minimum Gasteiger partial charge on any atom is -0.444 e. The molecule has 0 spiro atoms. The zero-order chi connectivity index (χ0) is 24.5. The van der Waals surface area contributed by atoms with Crippen molar-refractivity contribution in [2.75, 3.05) is 23.8 Å². The first kappa shape index (κ1) is 23.7. The van der Waals surface area contributed by atoms with Crippen molar-refractivity contribution in [2.24, 2.45) is 0 Å². The molecule has 182 valence electrons. The molecule has 34 heavy (non-hydrogen) atoms. The molecule has 4 N–H and O–H groups in total. The van der Waals surface area contributed by atoms with Gasteiger partial charge in [0.15, 0.2) is 11.6 Å². The Hall–Kier alpha value is -3.40. The largest absolute Gasteiger partial charge is 0.444 e. The van der Waals surface area contributed by atoms with Gasteiger partial charge in [0.25, 0.3) is 5.91 Å². The molecule has 2 amide bonds. The third kappa shape index (κ3) is 5.39. The number of halogens is 1. The molecule has 2 aliphatic rings. The summed E-state index contributed by atoms with van der Waals surface area (Å²) in [5, 5.41) is 11.8. The van der Waals surface area contributed by atoms with Gasteiger partial charge in [-0.05, 0) is 51.8 Å². The molecule has 0 radical (unpaired) electrons. The average molecular weight is 472 g/mol. The smallest absolute Gasteiger partial charge is 0.408 e. The summed E-state index contributed by atoms with van der Waals surface area (Å²) in [5.74, 6) is -0.694. The molecular weight excluding hydrogens is 441 g/mol. The Balaban J connectivity index is 1.60. The van der Waals surface area contributed by atoms with E-state index in [0.29, 0.717) is 13.0 Å². The molecule has 9 nitrogen and oxygen atoms in total. The van der Waals surface area contributed by atoms with Crippen molar-refractivity contribution in [3.8, 4) is 0 Å². The first-order valence-electron chi connectivity index (χ1n) is 11.3. The molecule has 0 bridgehead atoms. The number of carbonyl (C=O) groups is 2. The van der Waals surface area contributed by atoms with Gasteiger partial charge in [-0.3, -0.25) is 4.79 Å². The van der Waals surface area contributed by atoms with Crippen LogP contribution in [0.15, 0.2) is 24.3 Å². The Morgan fingerprint density at radius 2 is 2.06 bits per heavy atom. The monoisotopic (exact) mass is 471 g/mol. The van der Waals surface area contributed by atoms with Crippen molar-refractivity contribution in [1.82, 2.24) is 15.6 Å². The van der Waals surface area contributed by atoms with E-state index < -0.39 is 23.6 Å². The van der Waals surface area contributed by atoms with Gasteiger partial charge in [0.2, 0.25) is 0 Å². The van der Waals surface area contributed by atoms with E-state index in [4.69, 9.17) is 9.47 Å². The van der Waals surface area contributed by atoms with Crippen LogP contribution in [0, 0.1) is 12.7 Å². The number of aryl methyl sites for hydroxylation is 1. The number of hydrogen-bond donors (Lipinski definition) is 4. The van der Waals surface area contributed by atoms with E-state index in [9.17, 15) is 9.59 Å². The summed E-state index contributed by atoms with van der Waals surface area (Å²) in [6, 6.07) is 6.80. The Morgan fingerprint density at radius 3 is 2.79 bits per heavy atom. The third-order valence-electron chi connectivity index (χ3n) is 5.55. The van der Waals surface area contributed by atoms with Crippen LogP contribution in [0.4, 0.5) is 26.5 Å². The zero-order valence-electron chi connectivity index (χ0n) is 19.8. The van der Waals surface area contributed by atoms with Crippen molar-refractivity contribution in [3.63, 3.8) is 0 Å². The van der Waals surface area contributed by atoms with Gasteiger partial charge in [-0.2, -0.15) is 0 Å². The van der Waals surface area contributed by atoms with Crippen LogP contribution in [0.25, 0.3) is 0 Å². The molecule has 2 unspecified atom stereocenters. The molecule has 4 rings (SSSR count). The van der Waals surface area contributed by atoms with E-state index in [0.717, 1.165) is 11.3 Å². The lowest BCUT2D eigenvalue weighted by atomic mass is 10.0. The molecule has 0 saturated carbocycles. The van der Waals surface area contributed by atoms with E-state index in [1.54, 1.807) is 20.8 Å². The molecule has 1 aromatic carbocycles. The van der Waals surface area contributed by atoms with E-state index in [1.807, 2.05) is 31.2 Å². The second-order valence-corrected chi connectivity index (χ2v) is 9.52. The van der Waals surface area contributed by atoms with Crippen LogP contribution >= 0.6 is 0 Å². The number of pyridine rings is 1. The van der Waals surface area contributed by atoms with Gasteiger partial charge >= 0.3 is 6.09 Å². The second kappa shape index (κ2) is 9.46. The van der Waals surface area contributed by atoms with Crippen LogP contribution in [0.3, 0.4) is 0 Å². The fourth-order valence-electron chi connectivity index (χ4n) is 4.01. The highest BCUT2D eigenvalue weighted by Crippen LogP contribution is 2.32. The fraction of sp³-hybridized carbons (Fsp3) is 0.458. The van der Waals surface area contributed by atoms with Gasteiger partial charge in [0.05, 0.1) is 24.3 Å². The minimum atomic E-state index is -0.647. The number of hydrogen-bond acceptors (Lipinski definition) is 7. The number of benzene rings is 1. The van der Waals surface area contributed by atoms with Crippen molar-refractivity contribution in [1.29, 1.82) is 0 Å². The maximum absolute atomic E-state index is 15.4. The van der Waals surface area contributed by atoms with Gasteiger partial charge in [0.1, 0.15) is 11.4 Å². The van der Waals surface area contributed by atoms with Gasteiger partial charge in [-0.15, -0.1) is 0 Å². The van der Waals surface area contributed by atoms with Crippen molar-refractivity contribution >= 4 is 29.3 Å². The van der Waals surface area contributed by atoms with Crippen LogP contribution in [-0.4, -0.2) is 47.9 Å². The molecule has 2 atom stereocenters.